The van der Waals surface area contributed by atoms with Crippen LogP contribution < -0.4 is 9.80 Å². The molecule has 0 bridgehead atoms. The molecule has 2 aromatic heterocycles. The number of anilines is 2. The van der Waals surface area contributed by atoms with Gasteiger partial charge in [-0.3, -0.25) is 4.90 Å². The Bertz CT molecular complexity index is 736. The first-order chi connectivity index (χ1) is 12.3. The van der Waals surface area contributed by atoms with Gasteiger partial charge in [0.05, 0.1) is 5.56 Å². The molecule has 2 saturated heterocycles. The maximum Gasteiger partial charge on any atom is 0.185 e. The largest absolute Gasteiger partial charge is 0.354 e. The number of piperazine rings is 1. The van der Waals surface area contributed by atoms with Crippen LogP contribution in [0, 0.1) is 11.3 Å². The van der Waals surface area contributed by atoms with E-state index in [1.165, 1.54) is 22.9 Å². The van der Waals surface area contributed by atoms with Gasteiger partial charge in [-0.15, -0.1) is 11.3 Å². The smallest absolute Gasteiger partial charge is 0.185 e. The van der Waals surface area contributed by atoms with Gasteiger partial charge in [-0.2, -0.15) is 5.26 Å². The van der Waals surface area contributed by atoms with Gasteiger partial charge in [-0.05, 0) is 25.0 Å². The minimum absolute atomic E-state index is 0.612. The van der Waals surface area contributed by atoms with Crippen molar-refractivity contribution < 1.29 is 0 Å². The van der Waals surface area contributed by atoms with Crippen LogP contribution in [0.1, 0.15) is 23.3 Å². The number of pyridine rings is 1. The molecule has 0 saturated carbocycles. The number of hydrogen-bond acceptors (Lipinski definition) is 7. The Morgan fingerprint density at radius 2 is 1.76 bits per heavy atom. The number of aromatic nitrogens is 2. The Labute approximate surface area is 152 Å². The van der Waals surface area contributed by atoms with E-state index in [0.29, 0.717) is 5.56 Å². The summed E-state index contributed by atoms with van der Waals surface area (Å²) >= 11 is 1.84. The van der Waals surface area contributed by atoms with Gasteiger partial charge >= 0.3 is 0 Å². The molecular formula is C18H22N6S. The molecule has 0 aliphatic carbocycles. The fourth-order valence-corrected chi connectivity index (χ4v) is 4.42. The van der Waals surface area contributed by atoms with E-state index in [1.807, 2.05) is 29.7 Å². The highest BCUT2D eigenvalue weighted by molar-refractivity contribution is 7.15. The highest BCUT2D eigenvalue weighted by Crippen LogP contribution is 2.27. The van der Waals surface area contributed by atoms with Crippen LogP contribution in [-0.4, -0.2) is 54.1 Å². The maximum atomic E-state index is 8.87. The summed E-state index contributed by atoms with van der Waals surface area (Å²) < 4.78 is 0. The van der Waals surface area contributed by atoms with Gasteiger partial charge in [0, 0.05) is 63.1 Å². The van der Waals surface area contributed by atoms with Crippen LogP contribution in [0.2, 0.25) is 0 Å². The molecule has 4 heterocycles. The van der Waals surface area contributed by atoms with Gasteiger partial charge in [-0.1, -0.05) is 0 Å². The summed E-state index contributed by atoms with van der Waals surface area (Å²) in [5, 5.41) is 10.1. The maximum absolute atomic E-state index is 8.87. The summed E-state index contributed by atoms with van der Waals surface area (Å²) in [5.74, 6) is 0.966. The van der Waals surface area contributed by atoms with Gasteiger partial charge in [0.15, 0.2) is 5.13 Å². The molecule has 0 radical (unpaired) electrons. The Balaban J connectivity index is 1.30. The molecule has 0 spiro atoms. The third-order valence-corrected chi connectivity index (χ3v) is 5.91. The summed E-state index contributed by atoms with van der Waals surface area (Å²) in [6.07, 6.45) is 6.28. The van der Waals surface area contributed by atoms with Crippen LogP contribution in [0.25, 0.3) is 0 Å². The van der Waals surface area contributed by atoms with Crippen molar-refractivity contribution in [2.45, 2.75) is 19.4 Å². The molecule has 25 heavy (non-hydrogen) atoms. The van der Waals surface area contributed by atoms with Crippen LogP contribution in [0.5, 0.6) is 0 Å². The number of thiazole rings is 1. The highest BCUT2D eigenvalue weighted by atomic mass is 32.1. The van der Waals surface area contributed by atoms with E-state index in [9.17, 15) is 0 Å². The van der Waals surface area contributed by atoms with E-state index < -0.39 is 0 Å². The van der Waals surface area contributed by atoms with Gasteiger partial charge in [-0.25, -0.2) is 9.97 Å². The minimum Gasteiger partial charge on any atom is -0.354 e. The Morgan fingerprint density at radius 1 is 0.960 bits per heavy atom. The van der Waals surface area contributed by atoms with Crippen LogP contribution in [0.4, 0.5) is 10.9 Å². The van der Waals surface area contributed by atoms with Crippen LogP contribution in [0.15, 0.2) is 24.5 Å². The van der Waals surface area contributed by atoms with Crippen molar-refractivity contribution in [2.75, 3.05) is 49.1 Å². The molecule has 2 aromatic rings. The molecule has 0 N–H and O–H groups in total. The molecule has 0 amide bonds. The lowest BCUT2D eigenvalue weighted by Gasteiger charge is -2.35. The normalized spacial score (nSPS) is 18.5. The average Bonchev–Trinajstić information content (AvgIpc) is 3.34. The lowest BCUT2D eigenvalue weighted by molar-refractivity contribution is 0.251. The number of nitriles is 1. The Kier molecular flexibility index (Phi) is 4.81. The molecular weight excluding hydrogens is 332 g/mol. The predicted molar refractivity (Wildman–Crippen MR) is 100 cm³/mol. The lowest BCUT2D eigenvalue weighted by atomic mass is 10.2. The van der Waals surface area contributed by atoms with Crippen molar-refractivity contribution >= 4 is 22.3 Å². The SMILES string of the molecule is N#Cc1ccc(N2CCN(Cc3cnc(N4CCCC4)s3)CC2)nc1. The molecule has 2 aliphatic heterocycles. The van der Waals surface area contributed by atoms with E-state index in [-0.39, 0.29) is 0 Å². The fourth-order valence-electron chi connectivity index (χ4n) is 3.42. The van der Waals surface area contributed by atoms with E-state index in [0.717, 1.165) is 51.6 Å². The van der Waals surface area contributed by atoms with E-state index in [4.69, 9.17) is 5.26 Å². The Morgan fingerprint density at radius 3 is 2.44 bits per heavy atom. The first-order valence-corrected chi connectivity index (χ1v) is 9.66. The molecule has 7 heteroatoms. The summed E-state index contributed by atoms with van der Waals surface area (Å²) in [5.41, 5.74) is 0.612. The van der Waals surface area contributed by atoms with Gasteiger partial charge in [0.25, 0.3) is 0 Å². The van der Waals surface area contributed by atoms with Crippen molar-refractivity contribution in [3.63, 3.8) is 0 Å². The molecule has 4 rings (SSSR count). The number of rotatable bonds is 4. The molecule has 130 valence electrons. The third-order valence-electron chi connectivity index (χ3n) is 4.87. The second-order valence-corrected chi connectivity index (χ2v) is 7.68. The summed E-state index contributed by atoms with van der Waals surface area (Å²) in [6.45, 7) is 7.29. The monoisotopic (exact) mass is 354 g/mol. The summed E-state index contributed by atoms with van der Waals surface area (Å²) in [6, 6.07) is 5.90. The zero-order chi connectivity index (χ0) is 17.1. The standard InChI is InChI=1S/C18H22N6S/c19-11-15-3-4-17(20-12-15)23-9-7-22(8-10-23)14-16-13-21-18(25-16)24-5-1-2-6-24/h3-4,12-13H,1-2,5-10,14H2. The molecule has 0 unspecified atom stereocenters. The van der Waals surface area contributed by atoms with Crippen molar-refractivity contribution in [2.24, 2.45) is 0 Å². The predicted octanol–water partition coefficient (Wildman–Crippen LogP) is 2.33. The van der Waals surface area contributed by atoms with Crippen molar-refractivity contribution in [3.05, 3.63) is 35.0 Å². The zero-order valence-electron chi connectivity index (χ0n) is 14.3. The second-order valence-electron chi connectivity index (χ2n) is 6.58. The van der Waals surface area contributed by atoms with Crippen molar-refractivity contribution in [1.82, 2.24) is 14.9 Å². The first kappa shape index (κ1) is 16.3. The first-order valence-electron chi connectivity index (χ1n) is 8.85. The molecule has 6 nitrogen and oxygen atoms in total. The number of hydrogen-bond donors (Lipinski definition) is 0. The van der Waals surface area contributed by atoms with Crippen LogP contribution in [0.3, 0.4) is 0 Å². The molecule has 0 atom stereocenters. The molecule has 0 aromatic carbocycles. The molecule has 2 fully saturated rings. The summed E-state index contributed by atoms with van der Waals surface area (Å²) in [4.78, 5) is 17.6. The van der Waals surface area contributed by atoms with E-state index >= 15 is 0 Å². The quantitative estimate of drug-likeness (QED) is 0.840. The highest BCUT2D eigenvalue weighted by Gasteiger charge is 2.20. The topological polar surface area (TPSA) is 59.3 Å². The van der Waals surface area contributed by atoms with Crippen LogP contribution in [-0.2, 0) is 6.54 Å². The average molecular weight is 354 g/mol. The van der Waals surface area contributed by atoms with Crippen LogP contribution >= 0.6 is 11.3 Å². The fraction of sp³-hybridized carbons (Fsp3) is 0.500. The van der Waals surface area contributed by atoms with E-state index in [1.54, 1.807) is 6.20 Å². The van der Waals surface area contributed by atoms with E-state index in [2.05, 4.69) is 30.7 Å². The zero-order valence-corrected chi connectivity index (χ0v) is 15.1. The lowest BCUT2D eigenvalue weighted by Crippen LogP contribution is -2.46. The Hall–Kier alpha value is -2.17. The number of nitrogens with zero attached hydrogens (tertiary/aromatic N) is 6. The van der Waals surface area contributed by atoms with Gasteiger partial charge in [0.1, 0.15) is 11.9 Å². The molecule has 2 aliphatic rings. The summed E-state index contributed by atoms with van der Waals surface area (Å²) in [7, 11) is 0. The van der Waals surface area contributed by atoms with Crippen molar-refractivity contribution in [1.29, 1.82) is 5.26 Å². The second kappa shape index (κ2) is 7.38. The van der Waals surface area contributed by atoms with Crippen molar-refractivity contribution in [3.8, 4) is 6.07 Å². The van der Waals surface area contributed by atoms with Gasteiger partial charge in [0.2, 0.25) is 0 Å². The van der Waals surface area contributed by atoms with Gasteiger partial charge < -0.3 is 9.80 Å². The third kappa shape index (κ3) is 3.75. The minimum atomic E-state index is 0.612.